The van der Waals surface area contributed by atoms with Crippen LogP contribution in [0.1, 0.15) is 26.2 Å². The quantitative estimate of drug-likeness (QED) is 0.860. The van der Waals surface area contributed by atoms with Gasteiger partial charge in [-0.15, -0.1) is 0 Å². The van der Waals surface area contributed by atoms with Crippen LogP contribution < -0.4 is 5.73 Å². The molecule has 6 heteroatoms. The Balaban J connectivity index is 2.17. The zero-order valence-corrected chi connectivity index (χ0v) is 12.8. The summed E-state index contributed by atoms with van der Waals surface area (Å²) >= 11 is 0. The van der Waals surface area contributed by atoms with Gasteiger partial charge in [0.2, 0.25) is 10.0 Å². The van der Waals surface area contributed by atoms with Crippen molar-refractivity contribution in [2.24, 2.45) is 0 Å². The Hall–Kier alpha value is -1.66. The van der Waals surface area contributed by atoms with Crippen molar-refractivity contribution in [3.63, 3.8) is 0 Å². The van der Waals surface area contributed by atoms with Gasteiger partial charge in [0.05, 0.1) is 5.52 Å². The molecule has 0 spiro atoms. The molecular weight excluding hydrogens is 286 g/mol. The van der Waals surface area contributed by atoms with Crippen LogP contribution in [0.2, 0.25) is 0 Å². The van der Waals surface area contributed by atoms with Gasteiger partial charge >= 0.3 is 0 Å². The Labute approximate surface area is 124 Å². The molecule has 1 aromatic carbocycles. The highest BCUT2D eigenvalue weighted by molar-refractivity contribution is 7.89. The Kier molecular flexibility index (Phi) is 3.59. The lowest BCUT2D eigenvalue weighted by molar-refractivity contribution is 0.404. The van der Waals surface area contributed by atoms with Crippen LogP contribution >= 0.6 is 0 Å². The molecule has 1 aliphatic carbocycles. The average Bonchev–Trinajstić information content (AvgIpc) is 3.29. The van der Waals surface area contributed by atoms with Crippen molar-refractivity contribution < 1.29 is 8.42 Å². The van der Waals surface area contributed by atoms with Crippen molar-refractivity contribution in [2.75, 3.05) is 12.3 Å². The largest absolute Gasteiger partial charge is 0.398 e. The maximum atomic E-state index is 13.0. The maximum absolute atomic E-state index is 13.0. The second-order valence-electron chi connectivity index (χ2n) is 5.40. The summed E-state index contributed by atoms with van der Waals surface area (Å²) in [6, 6.07) is 6.93. The van der Waals surface area contributed by atoms with Crippen LogP contribution in [0.4, 0.5) is 5.69 Å². The first kappa shape index (κ1) is 14.3. The fourth-order valence-electron chi connectivity index (χ4n) is 2.59. The van der Waals surface area contributed by atoms with Crippen LogP contribution in [0.15, 0.2) is 35.4 Å². The van der Waals surface area contributed by atoms with Gasteiger partial charge in [0.1, 0.15) is 4.90 Å². The normalized spacial score (nSPS) is 15.7. The smallest absolute Gasteiger partial charge is 0.245 e. The molecule has 3 rings (SSSR count). The molecule has 0 saturated heterocycles. The summed E-state index contributed by atoms with van der Waals surface area (Å²) in [5.74, 6) is 0. The molecule has 0 radical (unpaired) electrons. The van der Waals surface area contributed by atoms with Crippen LogP contribution in [0.3, 0.4) is 0 Å². The number of nitrogen functional groups attached to an aromatic ring is 1. The maximum Gasteiger partial charge on any atom is 0.245 e. The fourth-order valence-corrected chi connectivity index (χ4v) is 4.51. The fraction of sp³-hybridized carbons (Fsp3) is 0.400. The highest BCUT2D eigenvalue weighted by Gasteiger charge is 2.38. The van der Waals surface area contributed by atoms with E-state index in [0.717, 1.165) is 19.3 Å². The zero-order valence-electron chi connectivity index (χ0n) is 12.0. The van der Waals surface area contributed by atoms with E-state index in [0.29, 0.717) is 23.1 Å². The molecular formula is C15H19N3O2S. The predicted molar refractivity (Wildman–Crippen MR) is 83.4 cm³/mol. The summed E-state index contributed by atoms with van der Waals surface area (Å²) in [5.41, 5.74) is 6.93. The minimum absolute atomic E-state index is 0.145. The summed E-state index contributed by atoms with van der Waals surface area (Å²) < 4.78 is 27.6. The van der Waals surface area contributed by atoms with Gasteiger partial charge in [-0.05, 0) is 43.5 Å². The molecule has 2 aromatic rings. The number of nitrogens with zero attached hydrogens (tertiary/aromatic N) is 2. The summed E-state index contributed by atoms with van der Waals surface area (Å²) in [6.07, 6.45) is 4.29. The monoisotopic (exact) mass is 305 g/mol. The van der Waals surface area contributed by atoms with Crippen molar-refractivity contribution in [1.29, 1.82) is 0 Å². The Morgan fingerprint density at radius 3 is 2.76 bits per heavy atom. The third-order valence-corrected chi connectivity index (χ3v) is 5.73. The minimum Gasteiger partial charge on any atom is -0.398 e. The predicted octanol–water partition coefficient (Wildman–Crippen LogP) is 2.38. The Morgan fingerprint density at radius 2 is 2.10 bits per heavy atom. The van der Waals surface area contributed by atoms with Crippen molar-refractivity contribution >= 4 is 26.6 Å². The molecule has 0 atom stereocenters. The van der Waals surface area contributed by atoms with E-state index in [1.165, 1.54) is 0 Å². The second kappa shape index (κ2) is 5.27. The molecule has 0 bridgehead atoms. The Morgan fingerprint density at radius 1 is 1.33 bits per heavy atom. The van der Waals surface area contributed by atoms with Crippen molar-refractivity contribution in [3.05, 3.63) is 30.5 Å². The molecule has 0 amide bonds. The highest BCUT2D eigenvalue weighted by atomic mass is 32.2. The van der Waals surface area contributed by atoms with Crippen molar-refractivity contribution in [3.8, 4) is 0 Å². The SMILES string of the molecule is CCCN(C1CC1)S(=O)(=O)c1ccc(N)c2cccnc12. The van der Waals surface area contributed by atoms with Crippen LogP contribution in [0.25, 0.3) is 10.9 Å². The minimum atomic E-state index is -3.53. The van der Waals surface area contributed by atoms with Gasteiger partial charge < -0.3 is 5.73 Å². The third kappa shape index (κ3) is 2.49. The molecule has 1 saturated carbocycles. The van der Waals surface area contributed by atoms with E-state index < -0.39 is 10.0 Å². The summed E-state index contributed by atoms with van der Waals surface area (Å²) in [4.78, 5) is 4.50. The van der Waals surface area contributed by atoms with Gasteiger partial charge in [-0.1, -0.05) is 6.92 Å². The number of benzene rings is 1. The standard InChI is InChI=1S/C15H19N3O2S/c1-2-10-18(11-5-6-11)21(19,20)14-8-7-13(16)12-4-3-9-17-15(12)14/h3-4,7-9,11H,2,5-6,10,16H2,1H3. The van der Waals surface area contributed by atoms with Gasteiger partial charge in [-0.3, -0.25) is 4.98 Å². The van der Waals surface area contributed by atoms with Gasteiger partial charge in [-0.2, -0.15) is 4.31 Å². The molecule has 0 aliphatic heterocycles. The molecule has 1 aromatic heterocycles. The van der Waals surface area contributed by atoms with E-state index in [1.807, 2.05) is 6.92 Å². The first-order chi connectivity index (χ1) is 10.1. The summed E-state index contributed by atoms with van der Waals surface area (Å²) in [6.45, 7) is 2.54. The second-order valence-corrected chi connectivity index (χ2v) is 7.26. The van der Waals surface area contributed by atoms with Crippen LogP contribution in [0, 0.1) is 0 Å². The van der Waals surface area contributed by atoms with E-state index in [2.05, 4.69) is 4.98 Å². The molecule has 5 nitrogen and oxygen atoms in total. The van der Waals surface area contributed by atoms with Crippen LogP contribution in [0.5, 0.6) is 0 Å². The number of hydrogen-bond acceptors (Lipinski definition) is 4. The topological polar surface area (TPSA) is 76.3 Å². The number of rotatable bonds is 5. The number of pyridine rings is 1. The number of sulfonamides is 1. The summed E-state index contributed by atoms with van der Waals surface area (Å²) in [7, 11) is -3.53. The van der Waals surface area contributed by atoms with E-state index in [9.17, 15) is 8.42 Å². The zero-order chi connectivity index (χ0) is 15.0. The molecule has 112 valence electrons. The molecule has 21 heavy (non-hydrogen) atoms. The number of aromatic nitrogens is 1. The molecule has 1 aliphatic rings. The van der Waals surface area contributed by atoms with E-state index >= 15 is 0 Å². The van der Waals surface area contributed by atoms with Gasteiger partial charge in [0.25, 0.3) is 0 Å². The van der Waals surface area contributed by atoms with Crippen LogP contribution in [-0.4, -0.2) is 30.3 Å². The van der Waals surface area contributed by atoms with E-state index in [1.54, 1.807) is 34.8 Å². The van der Waals surface area contributed by atoms with Crippen molar-refractivity contribution in [1.82, 2.24) is 9.29 Å². The average molecular weight is 305 g/mol. The number of fused-ring (bicyclic) bond motifs is 1. The number of nitrogens with two attached hydrogens (primary N) is 1. The first-order valence-corrected chi connectivity index (χ1v) is 8.64. The van der Waals surface area contributed by atoms with Crippen LogP contribution in [-0.2, 0) is 10.0 Å². The van der Waals surface area contributed by atoms with Crippen molar-refractivity contribution in [2.45, 2.75) is 37.1 Å². The van der Waals surface area contributed by atoms with Gasteiger partial charge in [0, 0.05) is 29.9 Å². The first-order valence-electron chi connectivity index (χ1n) is 7.20. The molecule has 1 fully saturated rings. The summed E-state index contributed by atoms with van der Waals surface area (Å²) in [5, 5.41) is 0.686. The third-order valence-electron chi connectivity index (χ3n) is 3.75. The lowest BCUT2D eigenvalue weighted by Crippen LogP contribution is -2.34. The Bertz CT molecular complexity index is 770. The molecule has 0 unspecified atom stereocenters. The van der Waals surface area contributed by atoms with E-state index in [4.69, 9.17) is 5.73 Å². The highest BCUT2D eigenvalue weighted by Crippen LogP contribution is 2.35. The lowest BCUT2D eigenvalue weighted by Gasteiger charge is -2.22. The van der Waals surface area contributed by atoms with E-state index in [-0.39, 0.29) is 10.9 Å². The number of hydrogen-bond donors (Lipinski definition) is 1. The molecule has 1 heterocycles. The lowest BCUT2D eigenvalue weighted by atomic mass is 10.2. The van der Waals surface area contributed by atoms with Gasteiger partial charge in [0.15, 0.2) is 0 Å². The molecule has 2 N–H and O–H groups in total. The number of anilines is 1. The van der Waals surface area contributed by atoms with Gasteiger partial charge in [-0.25, -0.2) is 8.42 Å².